The molecule has 162 valence electrons. The van der Waals surface area contributed by atoms with Gasteiger partial charge in [-0.25, -0.2) is 9.67 Å². The Kier molecular flexibility index (Phi) is 6.05. The third kappa shape index (κ3) is 4.33. The minimum Gasteiger partial charge on any atom is -0.296 e. The van der Waals surface area contributed by atoms with Gasteiger partial charge in [0.25, 0.3) is 5.91 Å². The Morgan fingerprint density at radius 3 is 2.78 bits per heavy atom. The van der Waals surface area contributed by atoms with Crippen LogP contribution in [0.5, 0.6) is 0 Å². The number of thioether (sulfide) groups is 1. The zero-order valence-electron chi connectivity index (χ0n) is 17.2. The van der Waals surface area contributed by atoms with E-state index in [4.69, 9.17) is 4.98 Å². The van der Waals surface area contributed by atoms with Crippen molar-refractivity contribution < 1.29 is 4.79 Å². The van der Waals surface area contributed by atoms with E-state index >= 15 is 0 Å². The molecule has 32 heavy (non-hydrogen) atoms. The van der Waals surface area contributed by atoms with Crippen LogP contribution < -0.4 is 5.32 Å². The van der Waals surface area contributed by atoms with Crippen molar-refractivity contribution in [1.82, 2.24) is 25.0 Å². The summed E-state index contributed by atoms with van der Waals surface area (Å²) >= 11 is 6.29. The lowest BCUT2D eigenvalue weighted by Gasteiger charge is -2.09. The molecule has 0 fully saturated rings. The van der Waals surface area contributed by atoms with Gasteiger partial charge in [0.05, 0.1) is 27.7 Å². The molecule has 11 heteroatoms. The molecule has 1 N–H and O–H groups in total. The van der Waals surface area contributed by atoms with Crippen molar-refractivity contribution in [2.75, 3.05) is 5.32 Å². The van der Waals surface area contributed by atoms with Crippen LogP contribution in [0, 0.1) is 0 Å². The second-order valence-corrected chi connectivity index (χ2v) is 11.3. The van der Waals surface area contributed by atoms with Gasteiger partial charge in [0, 0.05) is 16.7 Å². The van der Waals surface area contributed by atoms with Gasteiger partial charge in [-0.05, 0) is 42.8 Å². The quantitative estimate of drug-likeness (QED) is 0.212. The van der Waals surface area contributed by atoms with Gasteiger partial charge in [0.2, 0.25) is 5.13 Å². The molecule has 5 aromatic rings. The highest BCUT2D eigenvalue weighted by molar-refractivity contribution is 8.00. The Labute approximate surface area is 200 Å². The molecule has 0 spiro atoms. The monoisotopic (exact) mass is 498 g/mol. The second-order valence-electron chi connectivity index (χ2n) is 7.15. The summed E-state index contributed by atoms with van der Waals surface area (Å²) in [7, 11) is 0. The molecule has 0 saturated heterocycles. The predicted molar refractivity (Wildman–Crippen MR) is 133 cm³/mol. The number of pyridine rings is 1. The number of carbonyl (C=O) groups excluding carboxylic acids is 1. The summed E-state index contributed by atoms with van der Waals surface area (Å²) in [5.74, 6) is 0.591. The molecule has 0 bridgehead atoms. The summed E-state index contributed by atoms with van der Waals surface area (Å²) in [4.78, 5) is 20.3. The smallest absolute Gasteiger partial charge is 0.258 e. The molecule has 0 aliphatic carbocycles. The number of fused-ring (bicyclic) bond motifs is 1. The van der Waals surface area contributed by atoms with Crippen LogP contribution in [0.4, 0.5) is 5.13 Å². The lowest BCUT2D eigenvalue weighted by Crippen LogP contribution is -2.13. The second kappa shape index (κ2) is 9.10. The number of amides is 1. The van der Waals surface area contributed by atoms with Gasteiger partial charge in [-0.1, -0.05) is 35.2 Å². The SMILES string of the molecule is CC(C)n1ncc2c(C(=O)Nc3nnc(SCc4cccs4)s3)cc(-c3cccs3)nc21. The van der Waals surface area contributed by atoms with E-state index in [1.165, 1.54) is 16.2 Å². The number of aromatic nitrogens is 5. The minimum absolute atomic E-state index is 0.126. The van der Waals surface area contributed by atoms with Crippen LogP contribution in [0.25, 0.3) is 21.6 Å². The van der Waals surface area contributed by atoms with E-state index in [0.29, 0.717) is 21.7 Å². The number of nitrogens with one attached hydrogen (secondary N) is 1. The zero-order chi connectivity index (χ0) is 22.1. The minimum atomic E-state index is -0.246. The van der Waals surface area contributed by atoms with E-state index in [0.717, 1.165) is 20.7 Å². The maximum absolute atomic E-state index is 13.2. The fraction of sp³-hybridized carbons (Fsp3) is 0.190. The van der Waals surface area contributed by atoms with Crippen LogP contribution in [-0.4, -0.2) is 30.9 Å². The fourth-order valence-electron chi connectivity index (χ4n) is 3.14. The van der Waals surface area contributed by atoms with Crippen LogP contribution >= 0.6 is 45.8 Å². The zero-order valence-corrected chi connectivity index (χ0v) is 20.4. The first-order valence-corrected chi connectivity index (χ1v) is 13.4. The molecule has 0 aliphatic rings. The molecule has 0 unspecified atom stereocenters. The predicted octanol–water partition coefficient (Wildman–Crippen LogP) is 6.20. The van der Waals surface area contributed by atoms with Gasteiger partial charge >= 0.3 is 0 Å². The van der Waals surface area contributed by atoms with E-state index in [1.807, 2.05) is 48.2 Å². The number of thiophene rings is 2. The topological polar surface area (TPSA) is 85.6 Å². The average Bonchev–Trinajstić information content (AvgIpc) is 3.58. The number of hydrogen-bond donors (Lipinski definition) is 1. The van der Waals surface area contributed by atoms with E-state index in [9.17, 15) is 4.79 Å². The van der Waals surface area contributed by atoms with Crippen molar-refractivity contribution in [2.45, 2.75) is 30.0 Å². The van der Waals surface area contributed by atoms with E-state index < -0.39 is 0 Å². The number of carbonyl (C=O) groups is 1. The highest BCUT2D eigenvalue weighted by Crippen LogP contribution is 2.32. The standard InChI is InChI=1S/C21H18N6OS4/c1-12(2)27-18-15(10-22-27)14(9-16(23-18)17-6-4-8-30-17)19(28)24-20-25-26-21(32-20)31-11-13-5-3-7-29-13/h3-10,12H,11H2,1-2H3,(H,24,25,28). The maximum Gasteiger partial charge on any atom is 0.258 e. The Balaban J connectivity index is 1.43. The first kappa shape index (κ1) is 21.3. The first-order chi connectivity index (χ1) is 15.6. The molecule has 0 atom stereocenters. The summed E-state index contributed by atoms with van der Waals surface area (Å²) < 4.78 is 2.66. The fourth-order valence-corrected chi connectivity index (χ4v) is 6.35. The Hall–Kier alpha value is -2.60. The van der Waals surface area contributed by atoms with Gasteiger partial charge in [-0.2, -0.15) is 5.10 Å². The summed E-state index contributed by atoms with van der Waals surface area (Å²) in [6.07, 6.45) is 1.71. The van der Waals surface area contributed by atoms with Crippen LogP contribution in [0.2, 0.25) is 0 Å². The summed E-state index contributed by atoms with van der Waals surface area (Å²) in [6.45, 7) is 4.09. The van der Waals surface area contributed by atoms with E-state index in [2.05, 4.69) is 32.1 Å². The average molecular weight is 499 g/mol. The highest BCUT2D eigenvalue weighted by atomic mass is 32.2. The van der Waals surface area contributed by atoms with Crippen molar-refractivity contribution in [1.29, 1.82) is 0 Å². The van der Waals surface area contributed by atoms with Crippen molar-refractivity contribution in [2.24, 2.45) is 0 Å². The Morgan fingerprint density at radius 1 is 1.19 bits per heavy atom. The van der Waals surface area contributed by atoms with Gasteiger partial charge in [-0.15, -0.1) is 32.9 Å². The van der Waals surface area contributed by atoms with Crippen LogP contribution in [0.1, 0.15) is 35.1 Å². The van der Waals surface area contributed by atoms with Gasteiger partial charge in [0.1, 0.15) is 0 Å². The van der Waals surface area contributed by atoms with Gasteiger partial charge in [0.15, 0.2) is 9.99 Å². The maximum atomic E-state index is 13.2. The Morgan fingerprint density at radius 2 is 2.03 bits per heavy atom. The molecule has 5 rings (SSSR count). The summed E-state index contributed by atoms with van der Waals surface area (Å²) in [6, 6.07) is 10.1. The molecular formula is C21H18N6OS4. The summed E-state index contributed by atoms with van der Waals surface area (Å²) in [5.41, 5.74) is 1.97. The van der Waals surface area contributed by atoms with E-state index in [1.54, 1.807) is 40.6 Å². The molecule has 0 radical (unpaired) electrons. The number of nitrogens with zero attached hydrogens (tertiary/aromatic N) is 5. The molecule has 7 nitrogen and oxygen atoms in total. The molecule has 0 aromatic carbocycles. The van der Waals surface area contributed by atoms with Crippen LogP contribution in [0.3, 0.4) is 0 Å². The first-order valence-electron chi connectivity index (χ1n) is 9.80. The van der Waals surface area contributed by atoms with Crippen molar-refractivity contribution >= 4 is 67.8 Å². The number of rotatable bonds is 7. The molecule has 0 saturated carbocycles. The molecule has 1 amide bonds. The molecular weight excluding hydrogens is 481 g/mol. The Bertz CT molecular complexity index is 1350. The number of anilines is 1. The largest absolute Gasteiger partial charge is 0.296 e. The lowest BCUT2D eigenvalue weighted by atomic mass is 10.1. The van der Waals surface area contributed by atoms with Gasteiger partial charge in [-0.3, -0.25) is 10.1 Å². The van der Waals surface area contributed by atoms with E-state index in [-0.39, 0.29) is 11.9 Å². The normalized spacial score (nSPS) is 11.5. The van der Waals surface area contributed by atoms with Gasteiger partial charge < -0.3 is 0 Å². The van der Waals surface area contributed by atoms with Crippen molar-refractivity contribution in [3.8, 4) is 10.6 Å². The molecule has 0 aliphatic heterocycles. The number of hydrogen-bond acceptors (Lipinski definition) is 9. The third-order valence-corrected chi connectivity index (χ3v) is 8.59. The van der Waals surface area contributed by atoms with Crippen LogP contribution in [0.15, 0.2) is 51.6 Å². The van der Waals surface area contributed by atoms with Crippen molar-refractivity contribution in [3.05, 3.63) is 57.7 Å². The molecule has 5 aromatic heterocycles. The summed E-state index contributed by atoms with van der Waals surface area (Å²) in [5, 5.41) is 21.0. The van der Waals surface area contributed by atoms with Crippen molar-refractivity contribution in [3.63, 3.8) is 0 Å². The third-order valence-electron chi connectivity index (χ3n) is 4.62. The van der Waals surface area contributed by atoms with Crippen LogP contribution in [-0.2, 0) is 5.75 Å². The highest BCUT2D eigenvalue weighted by Gasteiger charge is 2.20. The lowest BCUT2D eigenvalue weighted by molar-refractivity contribution is 0.102. The molecule has 5 heterocycles.